The van der Waals surface area contributed by atoms with E-state index in [-0.39, 0.29) is 5.95 Å². The Kier molecular flexibility index (Phi) is 3.87. The van der Waals surface area contributed by atoms with Gasteiger partial charge in [0.15, 0.2) is 0 Å². The van der Waals surface area contributed by atoms with Crippen LogP contribution in [-0.4, -0.2) is 52.9 Å². The zero-order valence-electron chi connectivity index (χ0n) is 13.5. The number of aryl methyl sites for hydroxylation is 1. The number of ether oxygens (including phenoxy) is 1. The van der Waals surface area contributed by atoms with Crippen LogP contribution in [0.2, 0.25) is 0 Å². The first-order valence-corrected chi connectivity index (χ1v) is 8.41. The first-order valence-electron chi connectivity index (χ1n) is 8.41. The van der Waals surface area contributed by atoms with Gasteiger partial charge in [-0.15, -0.1) is 10.2 Å². The Morgan fingerprint density at radius 2 is 2.13 bits per heavy atom. The first-order chi connectivity index (χ1) is 11.2. The molecular formula is C17H23N5O. The summed E-state index contributed by atoms with van der Waals surface area (Å²) >= 11 is 0. The van der Waals surface area contributed by atoms with Crippen LogP contribution in [0.15, 0.2) is 12.1 Å². The Balaban J connectivity index is 1.40. The molecule has 1 aromatic carbocycles. The molecule has 1 aliphatic carbocycles. The molecule has 1 atom stereocenters. The fourth-order valence-corrected chi connectivity index (χ4v) is 3.85. The van der Waals surface area contributed by atoms with Gasteiger partial charge in [-0.1, -0.05) is 0 Å². The lowest BCUT2D eigenvalue weighted by molar-refractivity contribution is -0.0297. The number of methoxy groups -OCH3 is 1. The summed E-state index contributed by atoms with van der Waals surface area (Å²) in [6, 6.07) is 4.32. The maximum atomic E-state index is 5.63. The van der Waals surface area contributed by atoms with Crippen molar-refractivity contribution in [2.45, 2.75) is 37.7 Å². The van der Waals surface area contributed by atoms with Gasteiger partial charge in [0.2, 0.25) is 5.95 Å². The quantitative estimate of drug-likeness (QED) is 0.906. The van der Waals surface area contributed by atoms with Gasteiger partial charge >= 0.3 is 0 Å². The van der Waals surface area contributed by atoms with Gasteiger partial charge in [0, 0.05) is 20.2 Å². The summed E-state index contributed by atoms with van der Waals surface area (Å²) in [5.41, 5.74) is 10.2. The van der Waals surface area contributed by atoms with E-state index in [0.29, 0.717) is 12.0 Å². The number of nitrogens with two attached hydrogens (primary N) is 1. The molecule has 2 aromatic rings. The van der Waals surface area contributed by atoms with Crippen LogP contribution in [0.4, 0.5) is 5.95 Å². The number of nitrogens with zero attached hydrogens (tertiary/aromatic N) is 4. The molecule has 0 saturated carbocycles. The second-order valence-electron chi connectivity index (χ2n) is 6.70. The van der Waals surface area contributed by atoms with Gasteiger partial charge in [-0.25, -0.2) is 4.98 Å². The summed E-state index contributed by atoms with van der Waals surface area (Å²) in [6.07, 6.45) is 5.30. The van der Waals surface area contributed by atoms with E-state index in [1.807, 2.05) is 0 Å². The lowest BCUT2D eigenvalue weighted by Gasteiger charge is -2.38. The minimum Gasteiger partial charge on any atom is -0.379 e. The summed E-state index contributed by atoms with van der Waals surface area (Å²) in [7, 11) is 1.80. The Morgan fingerprint density at radius 3 is 2.96 bits per heavy atom. The number of aromatic nitrogens is 3. The van der Waals surface area contributed by atoms with Gasteiger partial charge in [-0.05, 0) is 61.4 Å². The zero-order valence-corrected chi connectivity index (χ0v) is 13.5. The van der Waals surface area contributed by atoms with Crippen molar-refractivity contribution in [2.75, 3.05) is 32.5 Å². The molecule has 1 saturated heterocycles. The van der Waals surface area contributed by atoms with Crippen molar-refractivity contribution < 1.29 is 4.74 Å². The van der Waals surface area contributed by atoms with Crippen molar-refractivity contribution in [3.05, 3.63) is 23.3 Å². The fourth-order valence-electron chi connectivity index (χ4n) is 3.85. The number of anilines is 1. The highest BCUT2D eigenvalue weighted by Crippen LogP contribution is 2.38. The van der Waals surface area contributed by atoms with Crippen molar-refractivity contribution in [1.29, 1.82) is 0 Å². The SMILES string of the molecule is COC1CN(CCCC2CCc3cc4nc(N)nnc4cc32)C1. The van der Waals surface area contributed by atoms with E-state index in [1.54, 1.807) is 7.11 Å². The third kappa shape index (κ3) is 2.88. The predicted molar refractivity (Wildman–Crippen MR) is 89.3 cm³/mol. The monoisotopic (exact) mass is 313 g/mol. The van der Waals surface area contributed by atoms with E-state index >= 15 is 0 Å². The van der Waals surface area contributed by atoms with Gasteiger partial charge in [0.1, 0.15) is 5.52 Å². The number of fused-ring (bicyclic) bond motifs is 2. The molecule has 6 heteroatoms. The molecule has 2 aliphatic rings. The Bertz CT molecular complexity index is 713. The van der Waals surface area contributed by atoms with E-state index in [9.17, 15) is 0 Å². The van der Waals surface area contributed by atoms with Crippen LogP contribution in [0.5, 0.6) is 0 Å². The van der Waals surface area contributed by atoms with Gasteiger partial charge in [-0.3, -0.25) is 4.90 Å². The van der Waals surface area contributed by atoms with Crippen LogP contribution in [0.3, 0.4) is 0 Å². The largest absolute Gasteiger partial charge is 0.379 e. The second kappa shape index (κ2) is 6.02. The van der Waals surface area contributed by atoms with E-state index in [2.05, 4.69) is 32.2 Å². The third-order valence-corrected chi connectivity index (χ3v) is 5.22. The van der Waals surface area contributed by atoms with E-state index < -0.39 is 0 Å². The van der Waals surface area contributed by atoms with Crippen molar-refractivity contribution in [2.24, 2.45) is 0 Å². The van der Waals surface area contributed by atoms with Gasteiger partial charge < -0.3 is 10.5 Å². The summed E-state index contributed by atoms with van der Waals surface area (Å²) in [5, 5.41) is 8.06. The molecule has 0 spiro atoms. The predicted octanol–water partition coefficient (Wildman–Crippen LogP) is 1.75. The average molecular weight is 313 g/mol. The molecule has 2 heterocycles. The summed E-state index contributed by atoms with van der Waals surface area (Å²) in [5.74, 6) is 0.893. The van der Waals surface area contributed by atoms with Crippen molar-refractivity contribution in [3.8, 4) is 0 Å². The topological polar surface area (TPSA) is 77.2 Å². The molecule has 6 nitrogen and oxygen atoms in total. The zero-order chi connectivity index (χ0) is 15.8. The van der Waals surface area contributed by atoms with Crippen LogP contribution in [0, 0.1) is 0 Å². The average Bonchev–Trinajstić information content (AvgIpc) is 2.89. The molecule has 1 aromatic heterocycles. The van der Waals surface area contributed by atoms with E-state index in [4.69, 9.17) is 10.5 Å². The molecule has 1 aliphatic heterocycles. The maximum absolute atomic E-state index is 5.63. The third-order valence-electron chi connectivity index (χ3n) is 5.22. The molecule has 0 bridgehead atoms. The fraction of sp³-hybridized carbons (Fsp3) is 0.588. The van der Waals surface area contributed by atoms with Gasteiger partial charge in [0.05, 0.1) is 11.6 Å². The highest BCUT2D eigenvalue weighted by atomic mass is 16.5. The van der Waals surface area contributed by atoms with Gasteiger partial charge in [0.25, 0.3) is 0 Å². The van der Waals surface area contributed by atoms with Crippen LogP contribution < -0.4 is 5.73 Å². The normalized spacial score (nSPS) is 21.5. The molecule has 4 rings (SSSR count). The molecule has 1 fully saturated rings. The van der Waals surface area contributed by atoms with Crippen molar-refractivity contribution in [3.63, 3.8) is 0 Å². The van der Waals surface area contributed by atoms with Crippen LogP contribution in [0.25, 0.3) is 11.0 Å². The van der Waals surface area contributed by atoms with Crippen molar-refractivity contribution in [1.82, 2.24) is 20.1 Å². The maximum Gasteiger partial charge on any atom is 0.240 e. The lowest BCUT2D eigenvalue weighted by atomic mass is 9.95. The van der Waals surface area contributed by atoms with E-state index in [0.717, 1.165) is 30.5 Å². The molecule has 122 valence electrons. The first kappa shape index (κ1) is 14.8. The molecular weight excluding hydrogens is 290 g/mol. The van der Waals surface area contributed by atoms with Crippen LogP contribution >= 0.6 is 0 Å². The lowest BCUT2D eigenvalue weighted by Crippen LogP contribution is -2.51. The minimum atomic E-state index is 0.246. The van der Waals surface area contributed by atoms with E-state index in [1.165, 1.54) is 36.9 Å². The molecule has 0 radical (unpaired) electrons. The van der Waals surface area contributed by atoms with Crippen molar-refractivity contribution >= 4 is 17.0 Å². The molecule has 23 heavy (non-hydrogen) atoms. The molecule has 0 amide bonds. The molecule has 2 N–H and O–H groups in total. The number of rotatable bonds is 5. The number of likely N-dealkylation sites (tertiary alicyclic amines) is 1. The van der Waals surface area contributed by atoms with Crippen LogP contribution in [0.1, 0.15) is 36.3 Å². The minimum absolute atomic E-state index is 0.246. The summed E-state index contributed by atoms with van der Waals surface area (Å²) in [4.78, 5) is 6.76. The summed E-state index contributed by atoms with van der Waals surface area (Å²) < 4.78 is 5.32. The van der Waals surface area contributed by atoms with Gasteiger partial charge in [-0.2, -0.15) is 0 Å². The number of benzene rings is 1. The molecule has 1 unspecified atom stereocenters. The number of hydrogen-bond acceptors (Lipinski definition) is 6. The smallest absolute Gasteiger partial charge is 0.240 e. The Morgan fingerprint density at radius 1 is 1.26 bits per heavy atom. The Hall–Kier alpha value is -1.79. The second-order valence-corrected chi connectivity index (χ2v) is 6.70. The Labute approximate surface area is 136 Å². The van der Waals surface area contributed by atoms with Crippen LogP contribution in [-0.2, 0) is 11.2 Å². The highest BCUT2D eigenvalue weighted by molar-refractivity contribution is 5.77. The summed E-state index contributed by atoms with van der Waals surface area (Å²) in [6.45, 7) is 3.35. The number of hydrogen-bond donors (Lipinski definition) is 1. The number of nitrogen functional groups attached to an aromatic ring is 1. The standard InChI is InChI=1S/C17H23N5O/c1-23-13-9-22(10-13)6-2-3-11-4-5-12-7-15-16(8-14(11)12)20-21-17(18)19-15/h7-8,11,13H,2-6,9-10H2,1H3,(H2,18,19,21). The highest BCUT2D eigenvalue weighted by Gasteiger charge is 2.27.